The number of halogens is 2. The maximum Gasteiger partial charge on any atom is 0.264 e. The van der Waals surface area contributed by atoms with Gasteiger partial charge in [-0.3, -0.25) is 0 Å². The van der Waals surface area contributed by atoms with Crippen LogP contribution in [-0.4, -0.2) is 21.6 Å². The maximum atomic E-state index is 13.7. The molecule has 130 valence electrons. The van der Waals surface area contributed by atoms with E-state index in [-0.39, 0.29) is 12.4 Å². The Kier molecular flexibility index (Phi) is 3.78. The van der Waals surface area contributed by atoms with E-state index in [1.54, 1.807) is 29.8 Å². The monoisotopic (exact) mass is 345 g/mol. The average molecular weight is 345 g/mol. The highest BCUT2D eigenvalue weighted by molar-refractivity contribution is 5.85. The average Bonchev–Trinajstić information content (AvgIpc) is 3.18. The van der Waals surface area contributed by atoms with E-state index in [0.29, 0.717) is 46.0 Å². The normalized spacial score (nSPS) is 13.2. The second-order valence-corrected chi connectivity index (χ2v) is 5.97. The molecule has 1 aliphatic rings. The van der Waals surface area contributed by atoms with Crippen LogP contribution >= 0.6 is 0 Å². The number of nitrogens with zero attached hydrogens (tertiary/aromatic N) is 3. The summed E-state index contributed by atoms with van der Waals surface area (Å²) in [7, 11) is 0. The summed E-state index contributed by atoms with van der Waals surface area (Å²) in [6.07, 6.45) is -1.76. The molecule has 3 aromatic rings. The highest BCUT2D eigenvalue weighted by atomic mass is 19.3. The van der Waals surface area contributed by atoms with Crippen molar-refractivity contribution < 1.29 is 18.3 Å². The lowest BCUT2D eigenvalue weighted by molar-refractivity contribution is 0.153. The Morgan fingerprint density at radius 1 is 1.20 bits per heavy atom. The molecule has 7 heteroatoms. The molecular formula is C18H17F2N3O2. The Labute approximate surface area is 143 Å². The van der Waals surface area contributed by atoms with E-state index in [0.717, 1.165) is 6.42 Å². The molecule has 0 bridgehead atoms. The molecule has 4 rings (SSSR count). The minimum absolute atomic E-state index is 0.0440. The van der Waals surface area contributed by atoms with Gasteiger partial charge in [-0.15, -0.1) is 0 Å². The molecule has 0 atom stereocenters. The van der Waals surface area contributed by atoms with Crippen molar-refractivity contribution in [2.24, 2.45) is 0 Å². The molecule has 0 unspecified atom stereocenters. The first-order chi connectivity index (χ1) is 12.1. The summed E-state index contributed by atoms with van der Waals surface area (Å²) in [4.78, 5) is 4.62. The first-order valence-electron chi connectivity index (χ1n) is 8.14. The van der Waals surface area contributed by atoms with Crippen molar-refractivity contribution in [2.45, 2.75) is 33.2 Å². The van der Waals surface area contributed by atoms with Crippen molar-refractivity contribution in [1.82, 2.24) is 14.8 Å². The smallest absolute Gasteiger partial charge is 0.264 e. The topological polar surface area (TPSA) is 49.2 Å². The van der Waals surface area contributed by atoms with Crippen LogP contribution in [0.2, 0.25) is 0 Å². The van der Waals surface area contributed by atoms with E-state index >= 15 is 0 Å². The van der Waals surface area contributed by atoms with Gasteiger partial charge >= 0.3 is 0 Å². The maximum absolute atomic E-state index is 13.7. The lowest BCUT2D eigenvalue weighted by atomic mass is 10.1. The van der Waals surface area contributed by atoms with Crippen LogP contribution in [0, 0.1) is 6.92 Å². The van der Waals surface area contributed by atoms with E-state index in [2.05, 4.69) is 10.1 Å². The van der Waals surface area contributed by atoms with Crippen molar-refractivity contribution >= 4 is 11.0 Å². The van der Waals surface area contributed by atoms with E-state index in [1.165, 1.54) is 6.07 Å². The summed E-state index contributed by atoms with van der Waals surface area (Å²) in [5.74, 6) is 1.24. The third kappa shape index (κ3) is 2.59. The number of fused-ring (bicyclic) bond motifs is 2. The summed E-state index contributed by atoms with van der Waals surface area (Å²) in [6.45, 7) is 4.54. The summed E-state index contributed by atoms with van der Waals surface area (Å²) in [5.41, 5.74) is 2.19. The Balaban J connectivity index is 1.93. The Morgan fingerprint density at radius 2 is 2.00 bits per heavy atom. The van der Waals surface area contributed by atoms with Gasteiger partial charge in [0.05, 0.1) is 16.8 Å². The van der Waals surface area contributed by atoms with E-state index in [9.17, 15) is 8.78 Å². The van der Waals surface area contributed by atoms with Gasteiger partial charge in [0, 0.05) is 17.7 Å². The van der Waals surface area contributed by atoms with Crippen LogP contribution in [0.1, 0.15) is 31.0 Å². The third-order valence-corrected chi connectivity index (χ3v) is 4.25. The van der Waals surface area contributed by atoms with Gasteiger partial charge in [-0.1, -0.05) is 6.92 Å². The number of benzene rings is 1. The fraction of sp³-hybridized carbons (Fsp3) is 0.333. The fourth-order valence-electron chi connectivity index (χ4n) is 3.13. The molecule has 3 heterocycles. The fourth-order valence-corrected chi connectivity index (χ4v) is 3.13. The summed E-state index contributed by atoms with van der Waals surface area (Å²) >= 11 is 0. The molecule has 5 nitrogen and oxygen atoms in total. The summed E-state index contributed by atoms with van der Waals surface area (Å²) < 4.78 is 39.7. The molecule has 25 heavy (non-hydrogen) atoms. The van der Waals surface area contributed by atoms with Gasteiger partial charge < -0.3 is 9.47 Å². The minimum Gasteiger partial charge on any atom is -0.454 e. The molecule has 0 aliphatic carbocycles. The highest BCUT2D eigenvalue weighted by Crippen LogP contribution is 2.38. The Bertz CT molecular complexity index is 953. The number of hydrogen-bond acceptors (Lipinski definition) is 4. The van der Waals surface area contributed by atoms with Crippen LogP contribution in [0.3, 0.4) is 0 Å². The standard InChI is InChI=1S/C18H17F2N3O2/c1-3-6-23-18-16(10(2)22-23)12(17(19)20)8-13(21-18)11-4-5-14-15(7-11)25-9-24-14/h4-5,7-8,17H,3,6,9H2,1-2H3. The Hall–Kier alpha value is -2.70. The van der Waals surface area contributed by atoms with Crippen LogP contribution in [0.15, 0.2) is 24.3 Å². The Morgan fingerprint density at radius 3 is 2.76 bits per heavy atom. The van der Waals surface area contributed by atoms with Crippen LogP contribution < -0.4 is 9.47 Å². The molecule has 1 aromatic carbocycles. The summed E-state index contributed by atoms with van der Waals surface area (Å²) in [6, 6.07) is 6.76. The first-order valence-corrected chi connectivity index (χ1v) is 8.14. The molecule has 2 aromatic heterocycles. The number of hydrogen-bond donors (Lipinski definition) is 0. The number of ether oxygens (including phenoxy) is 2. The molecule has 0 fully saturated rings. The molecule has 0 saturated carbocycles. The second kappa shape index (κ2) is 5.98. The zero-order valence-corrected chi connectivity index (χ0v) is 13.9. The molecule has 0 spiro atoms. The molecule has 0 N–H and O–H groups in total. The number of alkyl halides is 2. The van der Waals surface area contributed by atoms with Crippen molar-refractivity contribution in [1.29, 1.82) is 0 Å². The molecule has 0 radical (unpaired) electrons. The number of pyridine rings is 1. The predicted molar refractivity (Wildman–Crippen MR) is 89.1 cm³/mol. The van der Waals surface area contributed by atoms with Crippen LogP contribution in [0.4, 0.5) is 8.78 Å². The first kappa shape index (κ1) is 15.8. The molecule has 0 amide bonds. The van der Waals surface area contributed by atoms with Crippen molar-refractivity contribution in [3.63, 3.8) is 0 Å². The quantitative estimate of drug-likeness (QED) is 0.699. The lowest BCUT2D eigenvalue weighted by Crippen LogP contribution is -2.01. The minimum atomic E-state index is -2.60. The van der Waals surface area contributed by atoms with Crippen molar-refractivity contribution in [3.05, 3.63) is 35.5 Å². The largest absolute Gasteiger partial charge is 0.454 e. The lowest BCUT2D eigenvalue weighted by Gasteiger charge is -2.09. The van der Waals surface area contributed by atoms with Crippen LogP contribution in [0.25, 0.3) is 22.3 Å². The van der Waals surface area contributed by atoms with E-state index in [1.807, 2.05) is 6.92 Å². The van der Waals surface area contributed by atoms with Crippen molar-refractivity contribution in [2.75, 3.05) is 6.79 Å². The second-order valence-electron chi connectivity index (χ2n) is 5.97. The SMILES string of the molecule is CCCn1nc(C)c2c(C(F)F)cc(-c3ccc4c(c3)OCO4)nc21. The van der Waals surface area contributed by atoms with Gasteiger partial charge in [0.1, 0.15) is 0 Å². The van der Waals surface area contributed by atoms with Gasteiger partial charge in [0.15, 0.2) is 17.1 Å². The number of rotatable bonds is 4. The van der Waals surface area contributed by atoms with Crippen LogP contribution in [-0.2, 0) is 6.54 Å². The van der Waals surface area contributed by atoms with Gasteiger partial charge in [-0.25, -0.2) is 18.4 Å². The number of aromatic nitrogens is 3. The van der Waals surface area contributed by atoms with Gasteiger partial charge in [0.2, 0.25) is 6.79 Å². The van der Waals surface area contributed by atoms with Crippen molar-refractivity contribution in [3.8, 4) is 22.8 Å². The van der Waals surface area contributed by atoms with Gasteiger partial charge in [-0.2, -0.15) is 5.10 Å². The molecule has 1 aliphatic heterocycles. The predicted octanol–water partition coefficient (Wildman–Crippen LogP) is 4.48. The zero-order chi connectivity index (χ0) is 17.6. The third-order valence-electron chi connectivity index (χ3n) is 4.25. The highest BCUT2D eigenvalue weighted by Gasteiger charge is 2.22. The molecule has 0 saturated heterocycles. The van der Waals surface area contributed by atoms with Gasteiger partial charge in [-0.05, 0) is 37.6 Å². The van der Waals surface area contributed by atoms with E-state index < -0.39 is 6.43 Å². The van der Waals surface area contributed by atoms with Gasteiger partial charge in [0.25, 0.3) is 6.43 Å². The zero-order valence-electron chi connectivity index (χ0n) is 13.9. The summed E-state index contributed by atoms with van der Waals surface area (Å²) in [5, 5.41) is 4.83. The van der Waals surface area contributed by atoms with Crippen LogP contribution in [0.5, 0.6) is 11.5 Å². The number of aryl methyl sites for hydroxylation is 2. The molecular weight excluding hydrogens is 328 g/mol. The van der Waals surface area contributed by atoms with E-state index in [4.69, 9.17) is 9.47 Å².